The van der Waals surface area contributed by atoms with Crippen molar-refractivity contribution >= 4 is 9.84 Å². The number of nitrogens with one attached hydrogen (secondary N) is 1. The van der Waals surface area contributed by atoms with Crippen molar-refractivity contribution in [2.45, 2.75) is 37.7 Å². The van der Waals surface area contributed by atoms with Crippen LogP contribution in [0.1, 0.15) is 24.0 Å². The van der Waals surface area contributed by atoms with Crippen molar-refractivity contribution < 1.29 is 13.5 Å². The zero-order valence-corrected chi connectivity index (χ0v) is 12.0. The molecule has 1 aromatic carbocycles. The quantitative estimate of drug-likeness (QED) is 0.784. The van der Waals surface area contributed by atoms with E-state index in [0.29, 0.717) is 12.6 Å². The lowest BCUT2D eigenvalue weighted by atomic mass is 10.2. The number of hydrogen-bond acceptors (Lipinski definition) is 4. The van der Waals surface area contributed by atoms with E-state index in [-0.39, 0.29) is 11.5 Å². The molecular weight excluding hydrogens is 262 g/mol. The van der Waals surface area contributed by atoms with Gasteiger partial charge in [0.15, 0.2) is 9.84 Å². The molecule has 1 aromatic rings. The topological polar surface area (TPSA) is 66.4 Å². The van der Waals surface area contributed by atoms with Crippen LogP contribution in [-0.4, -0.2) is 38.0 Å². The Bertz CT molecular complexity index is 523. The fourth-order valence-corrected chi connectivity index (χ4v) is 3.57. The first kappa shape index (κ1) is 14.5. The zero-order chi connectivity index (χ0) is 13.9. The second-order valence-electron chi connectivity index (χ2n) is 5.38. The first-order chi connectivity index (χ1) is 8.94. The zero-order valence-electron chi connectivity index (χ0n) is 11.2. The lowest BCUT2D eigenvalue weighted by molar-refractivity contribution is 0.193. The van der Waals surface area contributed by atoms with Crippen LogP contribution < -0.4 is 5.32 Å². The number of aliphatic hydroxyl groups is 1. The van der Waals surface area contributed by atoms with Crippen LogP contribution in [-0.2, 0) is 15.6 Å². The maximum Gasteiger partial charge on any atom is 0.157 e. The lowest BCUT2D eigenvalue weighted by Gasteiger charge is -2.12. The van der Waals surface area contributed by atoms with Crippen LogP contribution >= 0.6 is 0 Å². The normalized spacial score (nSPS) is 17.4. The molecule has 0 heterocycles. The van der Waals surface area contributed by atoms with Gasteiger partial charge in [-0.2, -0.15) is 0 Å². The molecule has 1 unspecified atom stereocenters. The monoisotopic (exact) mass is 283 g/mol. The van der Waals surface area contributed by atoms with Crippen molar-refractivity contribution in [3.63, 3.8) is 0 Å². The predicted octanol–water partition coefficient (Wildman–Crippen LogP) is 1.02. The summed E-state index contributed by atoms with van der Waals surface area (Å²) in [5.74, 6) is -0.185. The molecule has 2 rings (SSSR count). The molecule has 4 nitrogen and oxygen atoms in total. The summed E-state index contributed by atoms with van der Waals surface area (Å²) in [5, 5.41) is 12.9. The number of rotatable bonds is 7. The van der Waals surface area contributed by atoms with Gasteiger partial charge in [0.25, 0.3) is 0 Å². The Morgan fingerprint density at radius 1 is 1.42 bits per heavy atom. The van der Waals surface area contributed by atoms with Gasteiger partial charge in [0.2, 0.25) is 0 Å². The van der Waals surface area contributed by atoms with E-state index in [1.807, 2.05) is 25.1 Å². The van der Waals surface area contributed by atoms with Crippen molar-refractivity contribution in [3.05, 3.63) is 35.4 Å². The number of aliphatic hydroxyl groups excluding tert-OH is 1. The van der Waals surface area contributed by atoms with Crippen LogP contribution in [0, 0.1) is 6.92 Å². The van der Waals surface area contributed by atoms with E-state index < -0.39 is 15.9 Å². The van der Waals surface area contributed by atoms with Crippen LogP contribution in [0.4, 0.5) is 0 Å². The summed E-state index contributed by atoms with van der Waals surface area (Å²) >= 11 is 0. The van der Waals surface area contributed by atoms with Crippen LogP contribution in [0.5, 0.6) is 0 Å². The standard InChI is InChI=1S/C14H21NO3S/c1-11-3-2-4-12(7-11)9-19(17,18)10-14(16)8-15-13-5-6-13/h2-4,7,13-16H,5-6,8-10H2,1H3. The van der Waals surface area contributed by atoms with Gasteiger partial charge >= 0.3 is 0 Å². The third-order valence-corrected chi connectivity index (χ3v) is 4.80. The molecule has 1 aliphatic carbocycles. The van der Waals surface area contributed by atoms with Crippen molar-refractivity contribution in [2.75, 3.05) is 12.3 Å². The fourth-order valence-electron chi connectivity index (χ4n) is 2.06. The Morgan fingerprint density at radius 3 is 2.79 bits per heavy atom. The molecule has 1 aliphatic rings. The van der Waals surface area contributed by atoms with Gasteiger partial charge < -0.3 is 10.4 Å². The van der Waals surface area contributed by atoms with E-state index >= 15 is 0 Å². The van der Waals surface area contributed by atoms with Gasteiger partial charge in [0.05, 0.1) is 17.6 Å². The maximum atomic E-state index is 12.0. The molecule has 0 saturated heterocycles. The summed E-state index contributed by atoms with van der Waals surface area (Å²) in [4.78, 5) is 0. The van der Waals surface area contributed by atoms with Crippen LogP contribution in [0.25, 0.3) is 0 Å². The molecule has 1 fully saturated rings. The Kier molecular flexibility index (Phi) is 4.60. The average Bonchev–Trinajstić information content (AvgIpc) is 3.08. The second-order valence-corrected chi connectivity index (χ2v) is 7.49. The third kappa shape index (κ3) is 5.30. The van der Waals surface area contributed by atoms with Crippen molar-refractivity contribution in [1.82, 2.24) is 5.32 Å². The lowest BCUT2D eigenvalue weighted by Crippen LogP contribution is -2.34. The highest BCUT2D eigenvalue weighted by atomic mass is 32.2. The highest BCUT2D eigenvalue weighted by molar-refractivity contribution is 7.90. The molecule has 2 N–H and O–H groups in total. The van der Waals surface area contributed by atoms with Gasteiger partial charge in [-0.1, -0.05) is 29.8 Å². The second kappa shape index (κ2) is 6.03. The van der Waals surface area contributed by atoms with Crippen LogP contribution in [0.2, 0.25) is 0 Å². The molecule has 1 atom stereocenters. The Labute approximate surface area is 114 Å². The molecule has 0 bridgehead atoms. The largest absolute Gasteiger partial charge is 0.391 e. The molecule has 0 radical (unpaired) electrons. The number of aryl methyl sites for hydroxylation is 1. The number of hydrogen-bond donors (Lipinski definition) is 2. The third-order valence-electron chi connectivity index (χ3n) is 3.13. The summed E-state index contributed by atoms with van der Waals surface area (Å²) in [6.07, 6.45) is 1.43. The highest BCUT2D eigenvalue weighted by Crippen LogP contribution is 2.18. The molecule has 106 valence electrons. The number of sulfone groups is 1. The maximum absolute atomic E-state index is 12.0. The molecule has 0 aliphatic heterocycles. The van der Waals surface area contributed by atoms with E-state index in [1.165, 1.54) is 0 Å². The summed E-state index contributed by atoms with van der Waals surface area (Å²) < 4.78 is 24.0. The van der Waals surface area contributed by atoms with E-state index in [9.17, 15) is 13.5 Å². The summed E-state index contributed by atoms with van der Waals surface area (Å²) in [6.45, 7) is 2.29. The number of benzene rings is 1. The van der Waals surface area contributed by atoms with Gasteiger partial charge in [0.1, 0.15) is 0 Å². The Hall–Kier alpha value is -0.910. The van der Waals surface area contributed by atoms with E-state index in [1.54, 1.807) is 6.07 Å². The minimum absolute atomic E-state index is 0.00479. The van der Waals surface area contributed by atoms with Crippen molar-refractivity contribution in [1.29, 1.82) is 0 Å². The van der Waals surface area contributed by atoms with Crippen LogP contribution in [0.3, 0.4) is 0 Å². The minimum Gasteiger partial charge on any atom is -0.391 e. The Balaban J connectivity index is 1.86. The average molecular weight is 283 g/mol. The van der Waals surface area contributed by atoms with Crippen molar-refractivity contribution in [2.24, 2.45) is 0 Å². The van der Waals surface area contributed by atoms with E-state index in [4.69, 9.17) is 0 Å². The molecule has 5 heteroatoms. The molecule has 19 heavy (non-hydrogen) atoms. The smallest absolute Gasteiger partial charge is 0.157 e. The van der Waals surface area contributed by atoms with Crippen LogP contribution in [0.15, 0.2) is 24.3 Å². The first-order valence-electron chi connectivity index (χ1n) is 6.62. The molecule has 0 aromatic heterocycles. The van der Waals surface area contributed by atoms with Gasteiger partial charge in [-0.05, 0) is 25.3 Å². The van der Waals surface area contributed by atoms with Crippen molar-refractivity contribution in [3.8, 4) is 0 Å². The summed E-state index contributed by atoms with van der Waals surface area (Å²) in [5.41, 5.74) is 1.83. The molecular formula is C14H21NO3S. The summed E-state index contributed by atoms with van der Waals surface area (Å²) in [6, 6.07) is 7.94. The molecule has 0 spiro atoms. The van der Waals surface area contributed by atoms with Gasteiger partial charge in [-0.3, -0.25) is 0 Å². The fraction of sp³-hybridized carbons (Fsp3) is 0.571. The van der Waals surface area contributed by atoms with Gasteiger partial charge in [0, 0.05) is 12.6 Å². The van der Waals surface area contributed by atoms with E-state index in [0.717, 1.165) is 24.0 Å². The van der Waals surface area contributed by atoms with Gasteiger partial charge in [-0.25, -0.2) is 8.42 Å². The molecule has 0 amide bonds. The summed E-state index contributed by atoms with van der Waals surface area (Å²) in [7, 11) is -3.27. The predicted molar refractivity (Wildman–Crippen MR) is 75.7 cm³/mol. The SMILES string of the molecule is Cc1cccc(CS(=O)(=O)CC(O)CNC2CC2)c1. The Morgan fingerprint density at radius 2 is 2.16 bits per heavy atom. The van der Waals surface area contributed by atoms with Gasteiger partial charge in [-0.15, -0.1) is 0 Å². The molecule has 1 saturated carbocycles. The minimum atomic E-state index is -3.27. The first-order valence-corrected chi connectivity index (χ1v) is 8.44. The highest BCUT2D eigenvalue weighted by Gasteiger charge is 2.23. The van der Waals surface area contributed by atoms with E-state index in [2.05, 4.69) is 5.32 Å².